The molecule has 0 atom stereocenters. The van der Waals surface area contributed by atoms with Gasteiger partial charge in [0.2, 0.25) is 0 Å². The van der Waals surface area contributed by atoms with E-state index in [1.165, 1.54) is 5.57 Å². The van der Waals surface area contributed by atoms with E-state index in [9.17, 15) is 0 Å². The molecule has 0 heterocycles. The lowest BCUT2D eigenvalue weighted by Gasteiger charge is -2.00. The monoisotopic (exact) mass is 149 g/mol. The molecule has 0 bridgehead atoms. The molecule has 1 fully saturated rings. The van der Waals surface area contributed by atoms with Crippen LogP contribution in [0.5, 0.6) is 0 Å². The fourth-order valence-electron chi connectivity index (χ4n) is 1.21. The largest absolute Gasteiger partial charge is 0.198 e. The molecule has 1 aliphatic rings. The summed E-state index contributed by atoms with van der Waals surface area (Å²) in [5.41, 5.74) is 1.45. The van der Waals surface area contributed by atoms with E-state index in [1.54, 1.807) is 0 Å². The average Bonchev–Trinajstić information content (AvgIpc) is 2.69. The molecule has 0 amide bonds. The van der Waals surface area contributed by atoms with Crippen molar-refractivity contribution < 1.29 is 0 Å². The smallest absolute Gasteiger partial charge is 0.0689 e. The molecule has 1 aliphatic carbocycles. The van der Waals surface area contributed by atoms with Crippen LogP contribution in [-0.2, 0) is 0 Å². The molecule has 1 nitrogen and oxygen atoms in total. The van der Waals surface area contributed by atoms with Crippen molar-refractivity contribution in [1.82, 2.24) is 0 Å². The molecule has 1 rings (SSSR count). The van der Waals surface area contributed by atoms with Gasteiger partial charge in [0.1, 0.15) is 0 Å². The Morgan fingerprint density at radius 1 is 1.55 bits per heavy atom. The Kier molecular flexibility index (Phi) is 2.34. The van der Waals surface area contributed by atoms with Gasteiger partial charge in [0.25, 0.3) is 0 Å². The van der Waals surface area contributed by atoms with Crippen LogP contribution in [0.1, 0.15) is 39.5 Å². The van der Waals surface area contributed by atoms with Gasteiger partial charge in [0.05, 0.1) is 11.5 Å². The van der Waals surface area contributed by atoms with E-state index in [0.717, 1.165) is 25.7 Å². The van der Waals surface area contributed by atoms with Crippen LogP contribution >= 0.6 is 0 Å². The Morgan fingerprint density at radius 2 is 2.18 bits per heavy atom. The topological polar surface area (TPSA) is 23.8 Å². The molecule has 0 aromatic rings. The molecule has 0 N–H and O–H groups in total. The zero-order chi connectivity index (χ0) is 8.32. The molecule has 0 aromatic carbocycles. The van der Waals surface area contributed by atoms with Gasteiger partial charge in [-0.1, -0.05) is 11.6 Å². The van der Waals surface area contributed by atoms with E-state index in [1.807, 2.05) is 0 Å². The van der Waals surface area contributed by atoms with Gasteiger partial charge in [-0.3, -0.25) is 0 Å². The Morgan fingerprint density at radius 3 is 2.55 bits per heavy atom. The predicted molar refractivity (Wildman–Crippen MR) is 45.9 cm³/mol. The second-order valence-electron chi connectivity index (χ2n) is 3.71. The molecule has 0 aromatic heterocycles. The summed E-state index contributed by atoms with van der Waals surface area (Å²) in [5.74, 6) is 0. The Labute approximate surface area is 68.7 Å². The Balaban J connectivity index is 2.24. The van der Waals surface area contributed by atoms with Gasteiger partial charge >= 0.3 is 0 Å². The van der Waals surface area contributed by atoms with E-state index < -0.39 is 0 Å². The highest BCUT2D eigenvalue weighted by molar-refractivity contribution is 5.10. The van der Waals surface area contributed by atoms with E-state index in [-0.39, 0.29) is 5.41 Å². The highest BCUT2D eigenvalue weighted by Crippen LogP contribution is 2.48. The minimum absolute atomic E-state index is 0.0892. The second-order valence-corrected chi connectivity index (χ2v) is 3.71. The van der Waals surface area contributed by atoms with Crippen LogP contribution in [0.4, 0.5) is 0 Å². The zero-order valence-corrected chi connectivity index (χ0v) is 7.35. The van der Waals surface area contributed by atoms with Crippen LogP contribution in [0.15, 0.2) is 11.6 Å². The van der Waals surface area contributed by atoms with Crippen molar-refractivity contribution >= 4 is 0 Å². The highest BCUT2D eigenvalue weighted by atomic mass is 14.5. The lowest BCUT2D eigenvalue weighted by molar-refractivity contribution is 0.604. The summed E-state index contributed by atoms with van der Waals surface area (Å²) in [4.78, 5) is 0. The summed E-state index contributed by atoms with van der Waals surface area (Å²) in [6, 6.07) is 2.40. The van der Waals surface area contributed by atoms with E-state index in [0.29, 0.717) is 0 Å². The Bertz CT molecular complexity index is 199. The second kappa shape index (κ2) is 3.09. The van der Waals surface area contributed by atoms with E-state index in [2.05, 4.69) is 26.0 Å². The molecule has 0 spiro atoms. The van der Waals surface area contributed by atoms with E-state index >= 15 is 0 Å². The maximum absolute atomic E-state index is 8.75. The third-order valence-electron chi connectivity index (χ3n) is 2.27. The molecule has 0 aliphatic heterocycles. The fraction of sp³-hybridized carbons (Fsp3) is 0.700. The molecular formula is C10H15N. The molecule has 11 heavy (non-hydrogen) atoms. The minimum atomic E-state index is 0.0892. The Hall–Kier alpha value is -0.770. The summed E-state index contributed by atoms with van der Waals surface area (Å²) < 4.78 is 0. The highest BCUT2D eigenvalue weighted by Gasteiger charge is 2.41. The van der Waals surface area contributed by atoms with Gasteiger partial charge in [-0.25, -0.2) is 0 Å². The van der Waals surface area contributed by atoms with Crippen LogP contribution in [0.25, 0.3) is 0 Å². The summed E-state index contributed by atoms with van der Waals surface area (Å²) >= 11 is 0. The number of hydrogen-bond donors (Lipinski definition) is 0. The number of hydrogen-bond acceptors (Lipinski definition) is 1. The van der Waals surface area contributed by atoms with Gasteiger partial charge in [-0.2, -0.15) is 5.26 Å². The van der Waals surface area contributed by atoms with Crippen molar-refractivity contribution in [1.29, 1.82) is 5.26 Å². The van der Waals surface area contributed by atoms with Crippen molar-refractivity contribution in [3.05, 3.63) is 11.6 Å². The summed E-state index contributed by atoms with van der Waals surface area (Å²) in [7, 11) is 0. The van der Waals surface area contributed by atoms with Gasteiger partial charge in [0, 0.05) is 0 Å². The van der Waals surface area contributed by atoms with Crippen LogP contribution in [0.2, 0.25) is 0 Å². The number of nitrogens with zero attached hydrogens (tertiary/aromatic N) is 1. The maximum Gasteiger partial charge on any atom is 0.0689 e. The lowest BCUT2D eigenvalue weighted by atomic mass is 10.0. The summed E-state index contributed by atoms with van der Waals surface area (Å²) in [5, 5.41) is 8.75. The average molecular weight is 149 g/mol. The van der Waals surface area contributed by atoms with Crippen molar-refractivity contribution in [2.45, 2.75) is 39.5 Å². The number of allylic oxidation sites excluding steroid dienone is 2. The van der Waals surface area contributed by atoms with Gasteiger partial charge < -0.3 is 0 Å². The summed E-state index contributed by atoms with van der Waals surface area (Å²) in [6.45, 7) is 4.21. The first kappa shape index (κ1) is 8.33. The quantitative estimate of drug-likeness (QED) is 0.566. The SMILES string of the molecule is CC(C)=CCCC1(C#N)CC1. The number of rotatable bonds is 3. The molecular weight excluding hydrogens is 134 g/mol. The predicted octanol–water partition coefficient (Wildman–Crippen LogP) is 3.04. The molecule has 1 saturated carbocycles. The van der Waals surface area contributed by atoms with Crippen molar-refractivity contribution in [3.63, 3.8) is 0 Å². The van der Waals surface area contributed by atoms with Gasteiger partial charge in [0.15, 0.2) is 0 Å². The lowest BCUT2D eigenvalue weighted by Crippen LogP contribution is -1.93. The van der Waals surface area contributed by atoms with Crippen molar-refractivity contribution in [2.75, 3.05) is 0 Å². The fourth-order valence-corrected chi connectivity index (χ4v) is 1.21. The third kappa shape index (κ3) is 2.38. The molecule has 0 saturated heterocycles. The molecule has 0 unspecified atom stereocenters. The third-order valence-corrected chi connectivity index (χ3v) is 2.27. The first-order valence-electron chi connectivity index (χ1n) is 4.23. The van der Waals surface area contributed by atoms with Crippen LogP contribution in [-0.4, -0.2) is 0 Å². The van der Waals surface area contributed by atoms with Crippen LogP contribution in [0.3, 0.4) is 0 Å². The minimum Gasteiger partial charge on any atom is -0.198 e. The van der Waals surface area contributed by atoms with Gasteiger partial charge in [-0.05, 0) is 39.5 Å². The standard InChI is InChI=1S/C10H15N/c1-9(2)4-3-5-10(8-11)6-7-10/h4H,3,5-7H2,1-2H3. The number of nitriles is 1. The molecule has 1 heteroatoms. The molecule has 60 valence electrons. The summed E-state index contributed by atoms with van der Waals surface area (Å²) in [6.07, 6.45) is 6.61. The van der Waals surface area contributed by atoms with E-state index in [4.69, 9.17) is 5.26 Å². The maximum atomic E-state index is 8.75. The van der Waals surface area contributed by atoms with Crippen LogP contribution in [0, 0.1) is 16.7 Å². The first-order chi connectivity index (χ1) is 5.18. The van der Waals surface area contributed by atoms with Crippen molar-refractivity contribution in [3.8, 4) is 6.07 Å². The van der Waals surface area contributed by atoms with Crippen molar-refractivity contribution in [2.24, 2.45) is 5.41 Å². The zero-order valence-electron chi connectivity index (χ0n) is 7.35. The first-order valence-corrected chi connectivity index (χ1v) is 4.23. The van der Waals surface area contributed by atoms with Crippen LogP contribution < -0.4 is 0 Å². The normalized spacial score (nSPS) is 18.6. The van der Waals surface area contributed by atoms with Gasteiger partial charge in [-0.15, -0.1) is 0 Å². The molecule has 0 radical (unpaired) electrons.